The smallest absolute Gasteiger partial charge is 0.203 e. The van der Waals surface area contributed by atoms with Crippen molar-refractivity contribution < 1.29 is 29.2 Å². The number of aliphatic hydroxyl groups excluding tert-OH is 2. The minimum atomic E-state index is -0.909. The molecule has 51 heavy (non-hydrogen) atoms. The zero-order chi connectivity index (χ0) is 36.4. The lowest BCUT2D eigenvalue weighted by Crippen LogP contribution is -2.21. The van der Waals surface area contributed by atoms with Gasteiger partial charge in [0.2, 0.25) is 5.75 Å². The molecule has 0 aliphatic rings. The summed E-state index contributed by atoms with van der Waals surface area (Å²) >= 11 is 0. The van der Waals surface area contributed by atoms with E-state index in [0.717, 1.165) is 72.6 Å². The number of ether oxygens (including phenoxy) is 4. The molecule has 0 radical (unpaired) electrons. The highest BCUT2D eigenvalue weighted by atomic mass is 16.5. The average Bonchev–Trinajstić information content (AvgIpc) is 3.61. The van der Waals surface area contributed by atoms with Crippen molar-refractivity contribution in [2.75, 3.05) is 33.0 Å². The first-order valence-electron chi connectivity index (χ1n) is 20.0. The van der Waals surface area contributed by atoms with E-state index in [9.17, 15) is 5.11 Å². The molecule has 0 aliphatic carbocycles. The van der Waals surface area contributed by atoms with Gasteiger partial charge in [-0.3, -0.25) is 0 Å². The van der Waals surface area contributed by atoms with Gasteiger partial charge in [0.25, 0.3) is 0 Å². The normalized spacial score (nSPS) is 11.9. The molecule has 1 atom stereocenters. The second-order valence-electron chi connectivity index (χ2n) is 13.7. The van der Waals surface area contributed by atoms with Crippen LogP contribution in [0.4, 0.5) is 0 Å². The first-order valence-corrected chi connectivity index (χ1v) is 20.0. The molecule has 0 saturated carbocycles. The number of unbranched alkanes of at least 4 members (excludes halogenated alkanes) is 15. The molecule has 1 unspecified atom stereocenters. The standard InChI is InChI=1S/C42H67N3O6/c1-4-7-10-13-16-19-26-48-40-29-35(31-45-32-39(43-44-45)36-22-24-38(25-23-36)51-34-37(47)33-46)30-41(49-27-20-17-14-11-8-5-2)42(40)50-28-21-18-15-12-9-6-3/h22-25,29-30,32,37,46-47H,4-21,26-28,31,33-34H2,1-3H3. The SMILES string of the molecule is CCCCCCCCOc1cc(Cn2cc(-c3ccc(OCC(O)CO)cc3)nn2)cc(OCCCCCCCC)c1OCCCCCCCC. The van der Waals surface area contributed by atoms with Gasteiger partial charge in [-0.25, -0.2) is 4.68 Å². The third-order valence-electron chi connectivity index (χ3n) is 9.02. The summed E-state index contributed by atoms with van der Waals surface area (Å²) in [4.78, 5) is 0. The predicted molar refractivity (Wildman–Crippen MR) is 206 cm³/mol. The lowest BCUT2D eigenvalue weighted by atomic mass is 10.1. The molecule has 0 fully saturated rings. The van der Waals surface area contributed by atoms with Crippen molar-refractivity contribution in [3.63, 3.8) is 0 Å². The Morgan fingerprint density at radius 2 is 1.12 bits per heavy atom. The van der Waals surface area contributed by atoms with Crippen LogP contribution in [0, 0.1) is 0 Å². The van der Waals surface area contributed by atoms with Gasteiger partial charge in [0.1, 0.15) is 24.2 Å². The van der Waals surface area contributed by atoms with Crippen LogP contribution < -0.4 is 18.9 Å². The van der Waals surface area contributed by atoms with Crippen molar-refractivity contribution in [3.8, 4) is 34.3 Å². The molecule has 0 bridgehead atoms. The summed E-state index contributed by atoms with van der Waals surface area (Å²) < 4.78 is 26.8. The summed E-state index contributed by atoms with van der Waals surface area (Å²) in [6.45, 7) is 8.88. The average molecular weight is 710 g/mol. The van der Waals surface area contributed by atoms with Crippen LogP contribution in [0.15, 0.2) is 42.6 Å². The highest BCUT2D eigenvalue weighted by Gasteiger charge is 2.17. The van der Waals surface area contributed by atoms with E-state index in [4.69, 9.17) is 24.1 Å². The van der Waals surface area contributed by atoms with Gasteiger partial charge in [0, 0.05) is 5.56 Å². The van der Waals surface area contributed by atoms with E-state index in [2.05, 4.69) is 43.2 Å². The Morgan fingerprint density at radius 1 is 0.627 bits per heavy atom. The molecule has 286 valence electrons. The van der Waals surface area contributed by atoms with Crippen LogP contribution in [0.5, 0.6) is 23.0 Å². The third-order valence-corrected chi connectivity index (χ3v) is 9.02. The molecule has 9 nitrogen and oxygen atoms in total. The van der Waals surface area contributed by atoms with Crippen molar-refractivity contribution in [1.82, 2.24) is 15.0 Å². The Kier molecular flexibility index (Phi) is 21.9. The lowest BCUT2D eigenvalue weighted by Gasteiger charge is -2.19. The highest BCUT2D eigenvalue weighted by Crippen LogP contribution is 2.40. The Balaban J connectivity index is 1.76. The van der Waals surface area contributed by atoms with E-state index < -0.39 is 6.10 Å². The van der Waals surface area contributed by atoms with E-state index in [0.29, 0.717) is 32.1 Å². The number of rotatable bonds is 31. The highest BCUT2D eigenvalue weighted by molar-refractivity contribution is 5.59. The molecule has 1 aromatic heterocycles. The van der Waals surface area contributed by atoms with Crippen LogP contribution in [0.2, 0.25) is 0 Å². The van der Waals surface area contributed by atoms with Crippen LogP contribution in [-0.4, -0.2) is 64.3 Å². The van der Waals surface area contributed by atoms with E-state index >= 15 is 0 Å². The third kappa shape index (κ3) is 17.2. The molecule has 3 aromatic rings. The number of benzene rings is 2. The Morgan fingerprint density at radius 3 is 1.63 bits per heavy atom. The van der Waals surface area contributed by atoms with Gasteiger partial charge in [0.15, 0.2) is 11.5 Å². The van der Waals surface area contributed by atoms with Crippen molar-refractivity contribution in [2.24, 2.45) is 0 Å². The second kappa shape index (κ2) is 26.5. The number of nitrogens with zero attached hydrogens (tertiary/aromatic N) is 3. The molecule has 2 aromatic carbocycles. The fraction of sp³-hybridized carbons (Fsp3) is 0.667. The number of aromatic nitrogens is 3. The topological polar surface area (TPSA) is 108 Å². The maximum atomic E-state index is 9.57. The summed E-state index contributed by atoms with van der Waals surface area (Å²) in [5.41, 5.74) is 2.66. The van der Waals surface area contributed by atoms with Gasteiger partial charge in [-0.05, 0) is 61.2 Å². The minimum Gasteiger partial charge on any atom is -0.491 e. The van der Waals surface area contributed by atoms with Crippen molar-refractivity contribution in [1.29, 1.82) is 0 Å². The molecular formula is C42H67N3O6. The quantitative estimate of drug-likeness (QED) is 0.0636. The zero-order valence-electron chi connectivity index (χ0n) is 32.0. The molecule has 3 rings (SSSR count). The van der Waals surface area contributed by atoms with Crippen molar-refractivity contribution >= 4 is 0 Å². The Labute approximate surface area is 308 Å². The van der Waals surface area contributed by atoms with Crippen LogP contribution in [0.3, 0.4) is 0 Å². The fourth-order valence-electron chi connectivity index (χ4n) is 5.93. The zero-order valence-corrected chi connectivity index (χ0v) is 32.0. The molecular weight excluding hydrogens is 642 g/mol. The summed E-state index contributed by atoms with van der Waals surface area (Å²) in [5.74, 6) is 2.82. The van der Waals surface area contributed by atoms with Gasteiger partial charge in [-0.1, -0.05) is 122 Å². The van der Waals surface area contributed by atoms with Crippen molar-refractivity contribution in [3.05, 3.63) is 48.2 Å². The van der Waals surface area contributed by atoms with Crippen molar-refractivity contribution in [2.45, 2.75) is 149 Å². The van der Waals surface area contributed by atoms with Gasteiger partial charge >= 0.3 is 0 Å². The fourth-order valence-corrected chi connectivity index (χ4v) is 5.93. The van der Waals surface area contributed by atoms with Gasteiger partial charge in [-0.2, -0.15) is 0 Å². The predicted octanol–water partition coefficient (Wildman–Crippen LogP) is 9.94. The summed E-state index contributed by atoms with van der Waals surface area (Å²) in [6, 6.07) is 11.6. The number of hydrogen-bond acceptors (Lipinski definition) is 8. The van der Waals surface area contributed by atoms with E-state index in [1.807, 2.05) is 35.1 Å². The number of hydrogen-bond donors (Lipinski definition) is 2. The van der Waals surface area contributed by atoms with Crippen LogP contribution in [0.1, 0.15) is 142 Å². The minimum absolute atomic E-state index is 0.0320. The van der Waals surface area contributed by atoms with Gasteiger partial charge < -0.3 is 29.2 Å². The van der Waals surface area contributed by atoms with Gasteiger partial charge in [-0.15, -0.1) is 5.10 Å². The summed E-state index contributed by atoms with van der Waals surface area (Å²) in [6.07, 6.45) is 22.7. The van der Waals surface area contributed by atoms with E-state index in [-0.39, 0.29) is 13.2 Å². The van der Waals surface area contributed by atoms with Crippen LogP contribution in [-0.2, 0) is 6.54 Å². The Bertz CT molecular complexity index is 1260. The second-order valence-corrected chi connectivity index (χ2v) is 13.7. The Hall–Kier alpha value is -3.30. The molecule has 9 heteroatoms. The van der Waals surface area contributed by atoms with Gasteiger partial charge in [0.05, 0.1) is 39.2 Å². The molecule has 0 amide bonds. The molecule has 2 N–H and O–H groups in total. The molecule has 1 heterocycles. The molecule has 0 saturated heterocycles. The number of aliphatic hydroxyl groups is 2. The van der Waals surface area contributed by atoms with E-state index in [1.54, 1.807) is 0 Å². The molecule has 0 aliphatic heterocycles. The lowest BCUT2D eigenvalue weighted by molar-refractivity contribution is 0.0536. The van der Waals surface area contributed by atoms with E-state index in [1.165, 1.54) is 77.0 Å². The first-order chi connectivity index (χ1) is 25.1. The molecule has 0 spiro atoms. The summed E-state index contributed by atoms with van der Waals surface area (Å²) in [5, 5.41) is 27.5. The maximum Gasteiger partial charge on any atom is 0.203 e. The first kappa shape index (κ1) is 42.1. The summed E-state index contributed by atoms with van der Waals surface area (Å²) in [7, 11) is 0. The van der Waals surface area contributed by atoms with Crippen LogP contribution >= 0.6 is 0 Å². The monoisotopic (exact) mass is 710 g/mol. The maximum absolute atomic E-state index is 9.57. The largest absolute Gasteiger partial charge is 0.491 e. The van der Waals surface area contributed by atoms with Crippen LogP contribution in [0.25, 0.3) is 11.3 Å².